The van der Waals surface area contributed by atoms with E-state index in [9.17, 15) is 4.39 Å². The third kappa shape index (κ3) is 2.32. The summed E-state index contributed by atoms with van der Waals surface area (Å²) in [7, 11) is 0. The summed E-state index contributed by atoms with van der Waals surface area (Å²) in [4.78, 5) is 0. The first-order valence-electron chi connectivity index (χ1n) is 5.08. The van der Waals surface area contributed by atoms with Crippen molar-refractivity contribution in [2.45, 2.75) is 37.8 Å². The number of hydrogen-bond donors (Lipinski definition) is 1. The highest BCUT2D eigenvalue weighted by atomic mass is 19.1. The highest BCUT2D eigenvalue weighted by molar-refractivity contribution is 5.08. The van der Waals surface area contributed by atoms with Gasteiger partial charge in [-0.15, -0.1) is 0 Å². The van der Waals surface area contributed by atoms with Crippen LogP contribution in [0.4, 0.5) is 4.39 Å². The van der Waals surface area contributed by atoms with Crippen molar-refractivity contribution in [3.8, 4) is 0 Å². The molecule has 0 aliphatic heterocycles. The van der Waals surface area contributed by atoms with E-state index in [1.807, 2.05) is 6.20 Å². The molecule has 0 saturated heterocycles. The van der Waals surface area contributed by atoms with Crippen LogP contribution in [0.3, 0.4) is 0 Å². The number of hydrogen-bond acceptors (Lipinski definition) is 2. The van der Waals surface area contributed by atoms with Gasteiger partial charge < -0.3 is 5.73 Å². The van der Waals surface area contributed by atoms with E-state index in [2.05, 4.69) is 5.10 Å². The molecule has 0 aromatic carbocycles. The molecule has 0 atom stereocenters. The number of aromatic nitrogens is 2. The SMILES string of the molecule is NC1(CCc2cnn(CCF)c2)CC1. The van der Waals surface area contributed by atoms with Gasteiger partial charge in [0.15, 0.2) is 0 Å². The highest BCUT2D eigenvalue weighted by Crippen LogP contribution is 2.36. The summed E-state index contributed by atoms with van der Waals surface area (Å²) in [6, 6.07) is 0. The van der Waals surface area contributed by atoms with Gasteiger partial charge in [-0.25, -0.2) is 4.39 Å². The second-order valence-corrected chi connectivity index (χ2v) is 4.16. The fourth-order valence-electron chi connectivity index (χ4n) is 1.55. The number of aryl methyl sites for hydroxylation is 2. The molecule has 0 amide bonds. The van der Waals surface area contributed by atoms with Crippen molar-refractivity contribution in [2.75, 3.05) is 6.67 Å². The molecule has 78 valence electrons. The average Bonchev–Trinajstić information content (AvgIpc) is 2.74. The lowest BCUT2D eigenvalue weighted by Crippen LogP contribution is -2.21. The Bertz CT molecular complexity index is 304. The number of rotatable bonds is 5. The molecule has 3 nitrogen and oxygen atoms in total. The topological polar surface area (TPSA) is 43.8 Å². The van der Waals surface area contributed by atoms with Crippen LogP contribution in [0.15, 0.2) is 12.4 Å². The Kier molecular flexibility index (Phi) is 2.54. The normalized spacial score (nSPS) is 18.4. The van der Waals surface area contributed by atoms with Gasteiger partial charge in [0, 0.05) is 11.7 Å². The van der Waals surface area contributed by atoms with Crippen molar-refractivity contribution in [2.24, 2.45) is 5.73 Å². The molecule has 1 aliphatic rings. The van der Waals surface area contributed by atoms with E-state index in [-0.39, 0.29) is 12.2 Å². The molecule has 0 unspecified atom stereocenters. The zero-order valence-electron chi connectivity index (χ0n) is 8.25. The van der Waals surface area contributed by atoms with Crippen LogP contribution in [-0.2, 0) is 13.0 Å². The zero-order valence-corrected chi connectivity index (χ0v) is 8.25. The van der Waals surface area contributed by atoms with Gasteiger partial charge in [-0.1, -0.05) is 0 Å². The molecule has 1 aromatic rings. The van der Waals surface area contributed by atoms with Crippen molar-refractivity contribution in [3.63, 3.8) is 0 Å². The van der Waals surface area contributed by atoms with Crippen molar-refractivity contribution >= 4 is 0 Å². The molecule has 2 N–H and O–H groups in total. The van der Waals surface area contributed by atoms with Gasteiger partial charge in [-0.3, -0.25) is 4.68 Å². The Morgan fingerprint density at radius 3 is 3.00 bits per heavy atom. The average molecular weight is 197 g/mol. The van der Waals surface area contributed by atoms with Crippen molar-refractivity contribution in [1.29, 1.82) is 0 Å². The predicted molar refractivity (Wildman–Crippen MR) is 52.7 cm³/mol. The fourth-order valence-corrected chi connectivity index (χ4v) is 1.55. The Hall–Kier alpha value is -0.900. The summed E-state index contributed by atoms with van der Waals surface area (Å²) < 4.78 is 13.6. The van der Waals surface area contributed by atoms with E-state index in [0.29, 0.717) is 6.54 Å². The molecule has 1 fully saturated rings. The largest absolute Gasteiger partial charge is 0.325 e. The second kappa shape index (κ2) is 3.69. The van der Waals surface area contributed by atoms with Crippen LogP contribution >= 0.6 is 0 Å². The third-order valence-corrected chi connectivity index (χ3v) is 2.80. The maximum Gasteiger partial charge on any atom is 0.109 e. The summed E-state index contributed by atoms with van der Waals surface area (Å²) in [5, 5.41) is 4.06. The van der Waals surface area contributed by atoms with Crippen molar-refractivity contribution in [3.05, 3.63) is 18.0 Å². The van der Waals surface area contributed by atoms with E-state index in [4.69, 9.17) is 5.73 Å². The Morgan fingerprint density at radius 2 is 2.36 bits per heavy atom. The molecule has 1 saturated carbocycles. The van der Waals surface area contributed by atoms with Gasteiger partial charge in [0.05, 0.1) is 12.7 Å². The van der Waals surface area contributed by atoms with Crippen LogP contribution in [0, 0.1) is 0 Å². The molecule has 1 aliphatic carbocycles. The smallest absolute Gasteiger partial charge is 0.109 e. The van der Waals surface area contributed by atoms with E-state index < -0.39 is 0 Å². The predicted octanol–water partition coefficient (Wildman–Crippen LogP) is 1.28. The second-order valence-electron chi connectivity index (χ2n) is 4.16. The maximum absolute atomic E-state index is 12.0. The first-order valence-corrected chi connectivity index (χ1v) is 5.08. The molecular formula is C10H16FN3. The molecular weight excluding hydrogens is 181 g/mol. The van der Waals surface area contributed by atoms with Gasteiger partial charge in [-0.2, -0.15) is 5.10 Å². The summed E-state index contributed by atoms with van der Waals surface area (Å²) in [6.07, 6.45) is 7.99. The lowest BCUT2D eigenvalue weighted by molar-refractivity contribution is 0.427. The van der Waals surface area contributed by atoms with Crippen molar-refractivity contribution < 1.29 is 4.39 Å². The van der Waals surface area contributed by atoms with Crippen LogP contribution in [0.1, 0.15) is 24.8 Å². The quantitative estimate of drug-likeness (QED) is 0.772. The number of alkyl halides is 1. The first-order chi connectivity index (χ1) is 6.72. The standard InChI is InChI=1S/C10H16FN3/c11-5-6-14-8-9(7-13-14)1-2-10(12)3-4-10/h7-8H,1-6,12H2. The zero-order chi connectivity index (χ0) is 10.0. The molecule has 1 aromatic heterocycles. The van der Waals surface area contributed by atoms with Crippen molar-refractivity contribution in [1.82, 2.24) is 9.78 Å². The van der Waals surface area contributed by atoms with Gasteiger partial charge >= 0.3 is 0 Å². The van der Waals surface area contributed by atoms with Crippen LogP contribution in [0.2, 0.25) is 0 Å². The van der Waals surface area contributed by atoms with E-state index in [1.165, 1.54) is 0 Å². The minimum atomic E-state index is -0.359. The molecule has 14 heavy (non-hydrogen) atoms. The monoisotopic (exact) mass is 197 g/mol. The van der Waals surface area contributed by atoms with Crippen LogP contribution < -0.4 is 5.73 Å². The van der Waals surface area contributed by atoms with Gasteiger partial charge in [-0.05, 0) is 31.2 Å². The maximum atomic E-state index is 12.0. The molecule has 2 rings (SSSR count). The lowest BCUT2D eigenvalue weighted by atomic mass is 10.1. The number of halogens is 1. The summed E-state index contributed by atoms with van der Waals surface area (Å²) >= 11 is 0. The van der Waals surface area contributed by atoms with Gasteiger partial charge in [0.2, 0.25) is 0 Å². The van der Waals surface area contributed by atoms with E-state index in [0.717, 1.165) is 31.2 Å². The van der Waals surface area contributed by atoms with E-state index in [1.54, 1.807) is 10.9 Å². The summed E-state index contributed by atoms with van der Waals surface area (Å²) in [6.45, 7) is -0.00425. The first kappa shape index (κ1) is 9.65. The van der Waals surface area contributed by atoms with Crippen LogP contribution in [0.25, 0.3) is 0 Å². The third-order valence-electron chi connectivity index (χ3n) is 2.80. The minimum absolute atomic E-state index is 0.0994. The number of nitrogens with zero attached hydrogens (tertiary/aromatic N) is 2. The molecule has 0 spiro atoms. The Labute approximate surface area is 83.1 Å². The number of nitrogens with two attached hydrogens (primary N) is 1. The van der Waals surface area contributed by atoms with Gasteiger partial charge in [0.25, 0.3) is 0 Å². The van der Waals surface area contributed by atoms with Gasteiger partial charge in [0.1, 0.15) is 6.67 Å². The molecule has 0 bridgehead atoms. The summed E-state index contributed by atoms with van der Waals surface area (Å²) in [5.74, 6) is 0. The fraction of sp³-hybridized carbons (Fsp3) is 0.700. The highest BCUT2D eigenvalue weighted by Gasteiger charge is 2.37. The minimum Gasteiger partial charge on any atom is -0.325 e. The molecule has 0 radical (unpaired) electrons. The lowest BCUT2D eigenvalue weighted by Gasteiger charge is -2.05. The molecule has 4 heteroatoms. The summed E-state index contributed by atoms with van der Waals surface area (Å²) in [5.41, 5.74) is 7.23. The molecule has 1 heterocycles. The van der Waals surface area contributed by atoms with Crippen LogP contribution in [0.5, 0.6) is 0 Å². The Balaban J connectivity index is 1.83. The Morgan fingerprint density at radius 1 is 1.57 bits per heavy atom. The van der Waals surface area contributed by atoms with E-state index >= 15 is 0 Å². The van der Waals surface area contributed by atoms with Crippen LogP contribution in [-0.4, -0.2) is 22.0 Å².